The summed E-state index contributed by atoms with van der Waals surface area (Å²) in [6.45, 7) is 0.581. The second kappa shape index (κ2) is 4.24. The Morgan fingerprint density at radius 1 is 1.33 bits per heavy atom. The third-order valence-electron chi connectivity index (χ3n) is 3.66. The van der Waals surface area contributed by atoms with Gasteiger partial charge in [-0.2, -0.15) is 0 Å². The van der Waals surface area contributed by atoms with Crippen molar-refractivity contribution >= 4 is 11.7 Å². The van der Waals surface area contributed by atoms with Crippen molar-refractivity contribution in [2.75, 3.05) is 5.32 Å². The number of aromatic nitrogens is 2. The second-order valence-corrected chi connectivity index (χ2v) is 4.85. The van der Waals surface area contributed by atoms with Gasteiger partial charge in [-0.15, -0.1) is 0 Å². The maximum Gasteiger partial charge on any atom is 0.337 e. The Morgan fingerprint density at radius 2 is 2.24 bits per heavy atom. The summed E-state index contributed by atoms with van der Waals surface area (Å²) >= 11 is 0. The molecule has 6 nitrogen and oxygen atoms in total. The van der Waals surface area contributed by atoms with Gasteiger partial charge in [-0.3, -0.25) is 0 Å². The molecule has 0 saturated carbocycles. The zero-order valence-corrected chi connectivity index (χ0v) is 10.9. The van der Waals surface area contributed by atoms with Crippen LogP contribution < -0.4 is 5.32 Å². The molecule has 1 aliphatic heterocycles. The number of hydrogen-bond acceptors (Lipinski definition) is 4. The lowest BCUT2D eigenvalue weighted by Gasteiger charge is -2.19. The SMILES string of the molecule is O=C(O)c1c[nH]c2c1-c1cc(-c3ccno3)ccc1NC2. The fraction of sp³-hybridized carbons (Fsp3) is 0.0667. The number of aromatic carboxylic acids is 1. The first-order valence-corrected chi connectivity index (χ1v) is 6.47. The second-order valence-electron chi connectivity index (χ2n) is 4.85. The molecule has 6 heteroatoms. The van der Waals surface area contributed by atoms with Crippen LogP contribution in [0.2, 0.25) is 0 Å². The van der Waals surface area contributed by atoms with Gasteiger partial charge in [0, 0.05) is 40.3 Å². The fourth-order valence-corrected chi connectivity index (χ4v) is 2.69. The Hall–Kier alpha value is -3.02. The maximum absolute atomic E-state index is 11.4. The van der Waals surface area contributed by atoms with E-state index in [2.05, 4.69) is 15.5 Å². The number of carbonyl (C=O) groups is 1. The molecule has 0 aliphatic carbocycles. The Balaban J connectivity index is 1.94. The number of nitrogens with one attached hydrogen (secondary N) is 2. The van der Waals surface area contributed by atoms with Crippen LogP contribution in [0.25, 0.3) is 22.5 Å². The van der Waals surface area contributed by atoms with Gasteiger partial charge in [0.15, 0.2) is 5.76 Å². The van der Waals surface area contributed by atoms with Gasteiger partial charge in [0.2, 0.25) is 0 Å². The summed E-state index contributed by atoms with van der Waals surface area (Å²) in [5.41, 5.74) is 4.50. The number of H-pyrrole nitrogens is 1. The van der Waals surface area contributed by atoms with Gasteiger partial charge < -0.3 is 19.9 Å². The van der Waals surface area contributed by atoms with Crippen LogP contribution in [0, 0.1) is 0 Å². The standard InChI is InChI=1S/C15H11N3O3/c19-15(20)10-6-16-12-7-17-11-2-1-8(5-9(11)14(10)12)13-3-4-18-21-13/h1-6,16-17H,7H2,(H,19,20). The maximum atomic E-state index is 11.4. The first-order chi connectivity index (χ1) is 10.2. The molecular weight excluding hydrogens is 270 g/mol. The van der Waals surface area contributed by atoms with E-state index in [1.807, 2.05) is 18.2 Å². The molecular formula is C15H11N3O3. The minimum Gasteiger partial charge on any atom is -0.478 e. The molecule has 3 N–H and O–H groups in total. The van der Waals surface area contributed by atoms with E-state index < -0.39 is 5.97 Å². The third kappa shape index (κ3) is 1.73. The topological polar surface area (TPSA) is 91.1 Å². The van der Waals surface area contributed by atoms with Crippen molar-refractivity contribution in [1.29, 1.82) is 0 Å². The van der Waals surface area contributed by atoms with E-state index in [-0.39, 0.29) is 5.56 Å². The highest BCUT2D eigenvalue weighted by Crippen LogP contribution is 2.40. The third-order valence-corrected chi connectivity index (χ3v) is 3.66. The molecule has 1 aromatic carbocycles. The average molecular weight is 281 g/mol. The molecule has 104 valence electrons. The van der Waals surface area contributed by atoms with Crippen molar-refractivity contribution in [2.24, 2.45) is 0 Å². The summed E-state index contributed by atoms with van der Waals surface area (Å²) in [6.07, 6.45) is 3.11. The number of hydrogen-bond donors (Lipinski definition) is 3. The number of aromatic amines is 1. The highest BCUT2D eigenvalue weighted by atomic mass is 16.5. The molecule has 0 bridgehead atoms. The number of carboxylic acids is 1. The summed E-state index contributed by atoms with van der Waals surface area (Å²) < 4.78 is 5.16. The highest BCUT2D eigenvalue weighted by molar-refractivity contribution is 6.00. The first-order valence-electron chi connectivity index (χ1n) is 6.47. The highest BCUT2D eigenvalue weighted by Gasteiger charge is 2.24. The van der Waals surface area contributed by atoms with Gasteiger partial charge in [0.25, 0.3) is 0 Å². The van der Waals surface area contributed by atoms with Crippen LogP contribution in [-0.4, -0.2) is 21.2 Å². The van der Waals surface area contributed by atoms with Gasteiger partial charge in [-0.25, -0.2) is 4.79 Å². The van der Waals surface area contributed by atoms with E-state index >= 15 is 0 Å². The number of carboxylic acid groups (broad SMARTS) is 1. The van der Waals surface area contributed by atoms with Gasteiger partial charge in [-0.1, -0.05) is 5.16 Å². The minimum atomic E-state index is -0.939. The number of nitrogens with zero attached hydrogens (tertiary/aromatic N) is 1. The molecule has 0 spiro atoms. The van der Waals surface area contributed by atoms with Gasteiger partial charge in [0.05, 0.1) is 18.3 Å². The van der Waals surface area contributed by atoms with E-state index in [1.165, 1.54) is 6.20 Å². The van der Waals surface area contributed by atoms with E-state index in [0.717, 1.165) is 28.1 Å². The fourth-order valence-electron chi connectivity index (χ4n) is 2.69. The monoisotopic (exact) mass is 281 g/mol. The molecule has 3 heterocycles. The van der Waals surface area contributed by atoms with E-state index in [9.17, 15) is 9.90 Å². The Labute approximate surface area is 119 Å². The van der Waals surface area contributed by atoms with Crippen molar-refractivity contribution in [3.63, 3.8) is 0 Å². The molecule has 3 aromatic rings. The Kier molecular flexibility index (Phi) is 2.38. The average Bonchev–Trinajstić information content (AvgIpc) is 3.16. The first kappa shape index (κ1) is 11.8. The molecule has 2 aromatic heterocycles. The molecule has 0 saturated heterocycles. The molecule has 0 fully saturated rings. The van der Waals surface area contributed by atoms with Crippen LogP contribution in [0.4, 0.5) is 5.69 Å². The van der Waals surface area contributed by atoms with Gasteiger partial charge >= 0.3 is 5.97 Å². The Morgan fingerprint density at radius 3 is 3.00 bits per heavy atom. The van der Waals surface area contributed by atoms with E-state index in [1.54, 1.807) is 12.3 Å². The molecule has 0 amide bonds. The van der Waals surface area contributed by atoms with Crippen molar-refractivity contribution in [2.45, 2.75) is 6.54 Å². The summed E-state index contributed by atoms with van der Waals surface area (Å²) in [5.74, 6) is -0.289. The number of rotatable bonds is 2. The molecule has 1 aliphatic rings. The lowest BCUT2D eigenvalue weighted by Crippen LogP contribution is -2.09. The van der Waals surface area contributed by atoms with Crippen molar-refractivity contribution in [3.05, 3.63) is 47.9 Å². The number of benzene rings is 1. The number of anilines is 1. The zero-order chi connectivity index (χ0) is 14.4. The molecule has 0 radical (unpaired) electrons. The van der Waals surface area contributed by atoms with Crippen LogP contribution >= 0.6 is 0 Å². The summed E-state index contributed by atoms with van der Waals surface area (Å²) in [6, 6.07) is 7.54. The van der Waals surface area contributed by atoms with E-state index in [4.69, 9.17) is 4.52 Å². The quantitative estimate of drug-likeness (QED) is 0.671. The predicted molar refractivity (Wildman–Crippen MR) is 76.0 cm³/mol. The van der Waals surface area contributed by atoms with Crippen LogP contribution in [-0.2, 0) is 6.54 Å². The smallest absolute Gasteiger partial charge is 0.337 e. The lowest BCUT2D eigenvalue weighted by atomic mass is 9.94. The largest absolute Gasteiger partial charge is 0.478 e. The molecule has 0 unspecified atom stereocenters. The van der Waals surface area contributed by atoms with Crippen LogP contribution in [0.5, 0.6) is 0 Å². The van der Waals surface area contributed by atoms with Crippen LogP contribution in [0.1, 0.15) is 16.1 Å². The normalized spacial score (nSPS) is 12.4. The van der Waals surface area contributed by atoms with E-state index in [0.29, 0.717) is 12.3 Å². The van der Waals surface area contributed by atoms with Crippen molar-refractivity contribution < 1.29 is 14.4 Å². The predicted octanol–water partition coefficient (Wildman–Crippen LogP) is 2.96. The molecule has 0 atom stereocenters. The molecule has 21 heavy (non-hydrogen) atoms. The minimum absolute atomic E-state index is 0.280. The Bertz CT molecular complexity index is 834. The van der Waals surface area contributed by atoms with Crippen LogP contribution in [0.15, 0.2) is 41.2 Å². The molecule has 4 rings (SSSR count). The zero-order valence-electron chi connectivity index (χ0n) is 10.9. The lowest BCUT2D eigenvalue weighted by molar-refractivity contribution is 0.0698. The summed E-state index contributed by atoms with van der Waals surface area (Å²) in [7, 11) is 0. The van der Waals surface area contributed by atoms with Crippen LogP contribution in [0.3, 0.4) is 0 Å². The summed E-state index contributed by atoms with van der Waals surface area (Å²) in [4.78, 5) is 14.4. The van der Waals surface area contributed by atoms with Crippen molar-refractivity contribution in [1.82, 2.24) is 10.1 Å². The van der Waals surface area contributed by atoms with Gasteiger partial charge in [-0.05, 0) is 18.2 Å². The number of fused-ring (bicyclic) bond motifs is 3. The summed E-state index contributed by atoms with van der Waals surface area (Å²) in [5, 5.41) is 16.3. The van der Waals surface area contributed by atoms with Crippen molar-refractivity contribution in [3.8, 4) is 22.5 Å². The van der Waals surface area contributed by atoms with Gasteiger partial charge in [0.1, 0.15) is 0 Å².